The Morgan fingerprint density at radius 2 is 1.78 bits per heavy atom. The molecule has 0 saturated carbocycles. The Labute approximate surface area is 166 Å². The van der Waals surface area contributed by atoms with Gasteiger partial charge in [0.05, 0.1) is 10.5 Å². The molecular weight excluding hydrogens is 402 g/mol. The van der Waals surface area contributed by atoms with Crippen LogP contribution in [0.25, 0.3) is 0 Å². The van der Waals surface area contributed by atoms with E-state index < -0.39 is 9.84 Å². The lowest BCUT2D eigenvalue weighted by Crippen LogP contribution is -2.12. The van der Waals surface area contributed by atoms with Crippen molar-refractivity contribution in [1.82, 2.24) is 10.2 Å². The van der Waals surface area contributed by atoms with Crippen molar-refractivity contribution in [2.24, 2.45) is 0 Å². The molecule has 0 bridgehead atoms. The highest BCUT2D eigenvalue weighted by Crippen LogP contribution is 2.25. The Morgan fingerprint density at radius 3 is 2.52 bits per heavy atom. The molecule has 0 aliphatic heterocycles. The van der Waals surface area contributed by atoms with Gasteiger partial charge in [-0.25, -0.2) is 8.42 Å². The lowest BCUT2D eigenvalue weighted by molar-refractivity contribution is 0.102. The normalized spacial score (nSPS) is 11.3. The average molecular weight is 420 g/mol. The summed E-state index contributed by atoms with van der Waals surface area (Å²) >= 11 is 2.64. The van der Waals surface area contributed by atoms with E-state index >= 15 is 0 Å². The van der Waals surface area contributed by atoms with E-state index in [2.05, 4.69) is 15.5 Å². The number of rotatable bonds is 7. The number of carbonyl (C=O) groups excluding carboxylic acids is 1. The summed E-state index contributed by atoms with van der Waals surface area (Å²) in [5, 5.41) is 11.1. The average Bonchev–Trinajstić information content (AvgIpc) is 3.09. The fraction of sp³-hybridized carbons (Fsp3) is 0.167. The van der Waals surface area contributed by atoms with Gasteiger partial charge in [0.1, 0.15) is 10.8 Å². The Balaban J connectivity index is 1.72. The van der Waals surface area contributed by atoms with Crippen molar-refractivity contribution in [3.05, 3.63) is 65.2 Å². The van der Waals surface area contributed by atoms with Crippen LogP contribution in [0.5, 0.6) is 0 Å². The minimum absolute atomic E-state index is 0.233. The number of benzene rings is 2. The smallest absolute Gasteiger partial charge is 0.258 e. The Kier molecular flexibility index (Phi) is 6.25. The molecule has 0 unspecified atom stereocenters. The SMILES string of the molecule is CCSc1ccccc1C(=O)Nc1nnc(CS(=O)(=O)c2ccccc2)s1. The third-order valence-corrected chi connectivity index (χ3v) is 7.16. The van der Waals surface area contributed by atoms with Gasteiger partial charge in [-0.15, -0.1) is 22.0 Å². The van der Waals surface area contributed by atoms with E-state index in [0.29, 0.717) is 10.6 Å². The van der Waals surface area contributed by atoms with Crippen LogP contribution in [0.4, 0.5) is 5.13 Å². The summed E-state index contributed by atoms with van der Waals surface area (Å²) in [5.41, 5.74) is 0.554. The van der Waals surface area contributed by atoms with Crippen LogP contribution in [0.1, 0.15) is 22.3 Å². The van der Waals surface area contributed by atoms with E-state index in [0.717, 1.165) is 22.0 Å². The molecule has 1 amide bonds. The number of sulfone groups is 1. The van der Waals surface area contributed by atoms with Gasteiger partial charge in [0.2, 0.25) is 5.13 Å². The van der Waals surface area contributed by atoms with Gasteiger partial charge in [0.25, 0.3) is 5.91 Å². The van der Waals surface area contributed by atoms with Crippen LogP contribution in [0.2, 0.25) is 0 Å². The Hall–Kier alpha value is -2.23. The van der Waals surface area contributed by atoms with E-state index in [-0.39, 0.29) is 21.7 Å². The molecule has 3 aromatic rings. The van der Waals surface area contributed by atoms with Gasteiger partial charge < -0.3 is 0 Å². The number of nitrogens with zero attached hydrogens (tertiary/aromatic N) is 2. The molecule has 6 nitrogen and oxygen atoms in total. The van der Waals surface area contributed by atoms with Gasteiger partial charge in [-0.1, -0.05) is 48.6 Å². The molecule has 1 heterocycles. The number of thioether (sulfide) groups is 1. The van der Waals surface area contributed by atoms with Crippen LogP contribution >= 0.6 is 23.1 Å². The van der Waals surface area contributed by atoms with Crippen LogP contribution in [0.15, 0.2) is 64.4 Å². The maximum atomic E-state index is 12.5. The first kappa shape index (κ1) is 19.5. The van der Waals surface area contributed by atoms with Crippen LogP contribution in [0.3, 0.4) is 0 Å². The minimum Gasteiger partial charge on any atom is -0.296 e. The van der Waals surface area contributed by atoms with E-state index in [1.165, 1.54) is 0 Å². The maximum absolute atomic E-state index is 12.5. The van der Waals surface area contributed by atoms with E-state index in [1.807, 2.05) is 19.1 Å². The van der Waals surface area contributed by atoms with Crippen LogP contribution in [-0.4, -0.2) is 30.3 Å². The molecular formula is C18H17N3O3S3. The minimum atomic E-state index is -3.50. The van der Waals surface area contributed by atoms with E-state index in [1.54, 1.807) is 54.2 Å². The lowest BCUT2D eigenvalue weighted by atomic mass is 10.2. The standard InChI is InChI=1S/C18H17N3O3S3/c1-2-25-15-11-7-6-10-14(15)17(22)19-18-21-20-16(26-18)12-27(23,24)13-8-4-3-5-9-13/h3-11H,2,12H2,1H3,(H,19,21,22). The van der Waals surface area contributed by atoms with Gasteiger partial charge in [0.15, 0.2) is 9.84 Å². The van der Waals surface area contributed by atoms with Crippen molar-refractivity contribution in [3.63, 3.8) is 0 Å². The largest absolute Gasteiger partial charge is 0.296 e. The van der Waals surface area contributed by atoms with Crippen LogP contribution in [0, 0.1) is 0 Å². The van der Waals surface area contributed by atoms with Crippen LogP contribution < -0.4 is 5.32 Å². The zero-order chi connectivity index (χ0) is 19.3. The van der Waals surface area contributed by atoms with Crippen molar-refractivity contribution < 1.29 is 13.2 Å². The highest BCUT2D eigenvalue weighted by atomic mass is 32.2. The number of carbonyl (C=O) groups is 1. The summed E-state index contributed by atoms with van der Waals surface area (Å²) in [6.45, 7) is 2.02. The van der Waals surface area contributed by atoms with Crippen molar-refractivity contribution in [3.8, 4) is 0 Å². The molecule has 2 aromatic carbocycles. The molecule has 27 heavy (non-hydrogen) atoms. The third kappa shape index (κ3) is 4.94. The second-order valence-corrected chi connectivity index (χ2v) is 9.81. The summed E-state index contributed by atoms with van der Waals surface area (Å²) in [6.07, 6.45) is 0. The van der Waals surface area contributed by atoms with E-state index in [4.69, 9.17) is 0 Å². The molecule has 0 spiro atoms. The predicted octanol–water partition coefficient (Wildman–Crippen LogP) is 3.88. The number of anilines is 1. The fourth-order valence-electron chi connectivity index (χ4n) is 2.34. The number of amides is 1. The molecule has 1 aromatic heterocycles. The second-order valence-electron chi connectivity index (χ2n) is 5.46. The molecule has 3 rings (SSSR count). The maximum Gasteiger partial charge on any atom is 0.258 e. The number of aromatic nitrogens is 2. The van der Waals surface area contributed by atoms with E-state index in [9.17, 15) is 13.2 Å². The number of hydrogen-bond acceptors (Lipinski definition) is 7. The Morgan fingerprint density at radius 1 is 1.07 bits per heavy atom. The predicted molar refractivity (Wildman–Crippen MR) is 108 cm³/mol. The van der Waals surface area contributed by atoms with Crippen molar-refractivity contribution >= 4 is 44.0 Å². The van der Waals surface area contributed by atoms with Gasteiger partial charge >= 0.3 is 0 Å². The zero-order valence-electron chi connectivity index (χ0n) is 14.5. The highest BCUT2D eigenvalue weighted by molar-refractivity contribution is 7.99. The van der Waals surface area contributed by atoms with Gasteiger partial charge in [-0.05, 0) is 30.0 Å². The molecule has 0 aliphatic carbocycles. The van der Waals surface area contributed by atoms with Crippen molar-refractivity contribution in [2.45, 2.75) is 22.5 Å². The second kappa shape index (κ2) is 8.64. The molecule has 0 radical (unpaired) electrons. The molecule has 9 heteroatoms. The third-order valence-electron chi connectivity index (χ3n) is 3.53. The van der Waals surface area contributed by atoms with Gasteiger partial charge in [0, 0.05) is 4.90 Å². The summed E-state index contributed by atoms with van der Waals surface area (Å²) in [7, 11) is -3.50. The van der Waals surface area contributed by atoms with Crippen LogP contribution in [-0.2, 0) is 15.6 Å². The molecule has 0 saturated heterocycles. The first-order valence-corrected chi connectivity index (χ1v) is 11.6. The molecule has 0 atom stereocenters. The first-order chi connectivity index (χ1) is 13.0. The zero-order valence-corrected chi connectivity index (χ0v) is 16.9. The van der Waals surface area contributed by atoms with Crippen molar-refractivity contribution in [1.29, 1.82) is 0 Å². The summed E-state index contributed by atoms with van der Waals surface area (Å²) in [4.78, 5) is 13.6. The highest BCUT2D eigenvalue weighted by Gasteiger charge is 2.19. The monoisotopic (exact) mass is 419 g/mol. The number of hydrogen-bond donors (Lipinski definition) is 1. The lowest BCUT2D eigenvalue weighted by Gasteiger charge is -2.06. The molecule has 140 valence electrons. The fourth-order valence-corrected chi connectivity index (χ4v) is 5.49. The summed E-state index contributed by atoms with van der Waals surface area (Å²) in [6, 6.07) is 15.5. The number of nitrogens with one attached hydrogen (secondary N) is 1. The van der Waals surface area contributed by atoms with Gasteiger partial charge in [-0.2, -0.15) is 0 Å². The molecule has 1 N–H and O–H groups in total. The Bertz CT molecular complexity index is 1030. The summed E-state index contributed by atoms with van der Waals surface area (Å²) in [5.74, 6) is 0.303. The quantitative estimate of drug-likeness (QED) is 0.585. The van der Waals surface area contributed by atoms with Crippen molar-refractivity contribution in [2.75, 3.05) is 11.1 Å². The summed E-state index contributed by atoms with van der Waals surface area (Å²) < 4.78 is 24.8. The first-order valence-electron chi connectivity index (χ1n) is 8.13. The molecule has 0 fully saturated rings. The molecule has 0 aliphatic rings. The topological polar surface area (TPSA) is 89.0 Å². The van der Waals surface area contributed by atoms with Gasteiger partial charge in [-0.3, -0.25) is 10.1 Å².